The molecule has 0 bridgehead atoms. The van der Waals surface area contributed by atoms with Crippen molar-refractivity contribution in [1.29, 1.82) is 0 Å². The Morgan fingerprint density at radius 2 is 2.04 bits per heavy atom. The van der Waals surface area contributed by atoms with Gasteiger partial charge in [-0.15, -0.1) is 0 Å². The van der Waals surface area contributed by atoms with E-state index in [1.54, 1.807) is 18.2 Å². The van der Waals surface area contributed by atoms with Crippen molar-refractivity contribution in [1.82, 2.24) is 10.2 Å². The molecule has 2 fully saturated rings. The van der Waals surface area contributed by atoms with Crippen LogP contribution in [0, 0.1) is 5.82 Å². The first-order valence-electron chi connectivity index (χ1n) is 8.22. The molecule has 2 aliphatic rings. The molecule has 1 aromatic carbocycles. The SMILES string of the molecule is COc1ccc(/C=C/C(=O)NC2CCN(C3CC3)CC2)cc1F. The highest BCUT2D eigenvalue weighted by Crippen LogP contribution is 2.29. The summed E-state index contributed by atoms with van der Waals surface area (Å²) in [4.78, 5) is 14.5. The second kappa shape index (κ2) is 7.13. The lowest BCUT2D eigenvalue weighted by atomic mass is 10.0. The largest absolute Gasteiger partial charge is 0.494 e. The molecule has 1 heterocycles. The van der Waals surface area contributed by atoms with Crippen LogP contribution in [0.4, 0.5) is 4.39 Å². The van der Waals surface area contributed by atoms with Gasteiger partial charge in [0.15, 0.2) is 11.6 Å². The van der Waals surface area contributed by atoms with Gasteiger partial charge in [0.05, 0.1) is 7.11 Å². The normalized spacial score (nSPS) is 19.9. The lowest BCUT2D eigenvalue weighted by Crippen LogP contribution is -2.44. The number of piperidine rings is 1. The highest BCUT2D eigenvalue weighted by molar-refractivity contribution is 5.91. The molecule has 1 aliphatic heterocycles. The molecule has 124 valence electrons. The number of methoxy groups -OCH3 is 1. The number of amides is 1. The molecule has 1 aromatic rings. The summed E-state index contributed by atoms with van der Waals surface area (Å²) in [5.74, 6) is -0.345. The lowest BCUT2D eigenvalue weighted by Gasteiger charge is -2.32. The zero-order valence-electron chi connectivity index (χ0n) is 13.4. The van der Waals surface area contributed by atoms with E-state index in [1.165, 1.54) is 32.1 Å². The molecule has 5 heteroatoms. The summed E-state index contributed by atoms with van der Waals surface area (Å²) < 4.78 is 18.5. The number of nitrogens with one attached hydrogen (secondary N) is 1. The fourth-order valence-electron chi connectivity index (χ4n) is 3.06. The molecule has 4 nitrogen and oxygen atoms in total. The molecule has 1 saturated heterocycles. The molecule has 1 aliphatic carbocycles. The van der Waals surface area contributed by atoms with Gasteiger partial charge in [0.1, 0.15) is 0 Å². The van der Waals surface area contributed by atoms with E-state index in [0.29, 0.717) is 5.56 Å². The highest BCUT2D eigenvalue weighted by Gasteiger charge is 2.31. The molecule has 1 saturated carbocycles. The topological polar surface area (TPSA) is 41.6 Å². The van der Waals surface area contributed by atoms with Crippen LogP contribution in [0.25, 0.3) is 6.08 Å². The number of ether oxygens (including phenoxy) is 1. The van der Waals surface area contributed by atoms with Crippen molar-refractivity contribution in [2.24, 2.45) is 0 Å². The predicted octanol–water partition coefficient (Wildman–Crippen LogP) is 2.59. The Labute approximate surface area is 136 Å². The Balaban J connectivity index is 1.48. The number of likely N-dealkylation sites (tertiary alicyclic amines) is 1. The van der Waals surface area contributed by atoms with Gasteiger partial charge in [0.25, 0.3) is 0 Å². The molecule has 0 aromatic heterocycles. The van der Waals surface area contributed by atoms with E-state index in [-0.39, 0.29) is 17.7 Å². The van der Waals surface area contributed by atoms with Crippen LogP contribution in [0.2, 0.25) is 0 Å². The van der Waals surface area contributed by atoms with Crippen molar-refractivity contribution >= 4 is 12.0 Å². The van der Waals surface area contributed by atoms with Gasteiger partial charge in [-0.05, 0) is 49.5 Å². The third-order valence-corrected chi connectivity index (χ3v) is 4.54. The summed E-state index contributed by atoms with van der Waals surface area (Å²) in [6.45, 7) is 2.14. The van der Waals surface area contributed by atoms with Crippen LogP contribution in [-0.2, 0) is 4.79 Å². The van der Waals surface area contributed by atoms with E-state index in [4.69, 9.17) is 4.74 Å². The fourth-order valence-corrected chi connectivity index (χ4v) is 3.06. The minimum atomic E-state index is -0.428. The number of nitrogens with zero attached hydrogens (tertiary/aromatic N) is 1. The van der Waals surface area contributed by atoms with Gasteiger partial charge < -0.3 is 15.0 Å². The van der Waals surface area contributed by atoms with E-state index in [1.807, 2.05) is 0 Å². The average Bonchev–Trinajstić information content (AvgIpc) is 3.39. The van der Waals surface area contributed by atoms with Gasteiger partial charge in [-0.1, -0.05) is 6.07 Å². The second-order valence-corrected chi connectivity index (χ2v) is 6.28. The van der Waals surface area contributed by atoms with E-state index in [0.717, 1.165) is 32.0 Å². The smallest absolute Gasteiger partial charge is 0.244 e. The maximum absolute atomic E-state index is 13.6. The number of hydrogen-bond acceptors (Lipinski definition) is 3. The minimum Gasteiger partial charge on any atom is -0.494 e. The summed E-state index contributed by atoms with van der Waals surface area (Å²) >= 11 is 0. The molecule has 0 atom stereocenters. The monoisotopic (exact) mass is 318 g/mol. The number of hydrogen-bond donors (Lipinski definition) is 1. The van der Waals surface area contributed by atoms with Crippen LogP contribution in [0.15, 0.2) is 24.3 Å². The lowest BCUT2D eigenvalue weighted by molar-refractivity contribution is -0.117. The molecule has 1 amide bonds. The van der Waals surface area contributed by atoms with Crippen LogP contribution in [-0.4, -0.2) is 43.1 Å². The van der Waals surface area contributed by atoms with E-state index >= 15 is 0 Å². The first-order chi connectivity index (χ1) is 11.2. The molecule has 3 rings (SSSR count). The predicted molar refractivity (Wildman–Crippen MR) is 87.7 cm³/mol. The van der Waals surface area contributed by atoms with Crippen LogP contribution < -0.4 is 10.1 Å². The number of carbonyl (C=O) groups excluding carboxylic acids is 1. The van der Waals surface area contributed by atoms with Gasteiger partial charge in [0, 0.05) is 31.2 Å². The quantitative estimate of drug-likeness (QED) is 0.849. The Morgan fingerprint density at radius 1 is 1.30 bits per heavy atom. The van der Waals surface area contributed by atoms with Crippen molar-refractivity contribution in [3.63, 3.8) is 0 Å². The van der Waals surface area contributed by atoms with Crippen LogP contribution in [0.3, 0.4) is 0 Å². The standard InChI is InChI=1S/C18H23FN2O2/c1-23-17-6-2-13(12-16(17)19)3-7-18(22)20-14-8-10-21(11-9-14)15-4-5-15/h2-3,6-7,12,14-15H,4-5,8-11H2,1H3,(H,20,22)/b7-3+. The Bertz CT molecular complexity index is 591. The molecule has 0 radical (unpaired) electrons. The fraction of sp³-hybridized carbons (Fsp3) is 0.500. The third-order valence-electron chi connectivity index (χ3n) is 4.54. The number of rotatable bonds is 5. The molecule has 0 spiro atoms. The van der Waals surface area contributed by atoms with E-state index < -0.39 is 5.82 Å². The van der Waals surface area contributed by atoms with Crippen molar-refractivity contribution in [3.8, 4) is 5.75 Å². The summed E-state index contributed by atoms with van der Waals surface area (Å²) in [5, 5.41) is 3.04. The van der Waals surface area contributed by atoms with Gasteiger partial charge >= 0.3 is 0 Å². The highest BCUT2D eigenvalue weighted by atomic mass is 19.1. The summed E-state index contributed by atoms with van der Waals surface area (Å²) in [5.41, 5.74) is 0.641. The van der Waals surface area contributed by atoms with Gasteiger partial charge in [-0.25, -0.2) is 4.39 Å². The first-order valence-corrected chi connectivity index (χ1v) is 8.22. The maximum Gasteiger partial charge on any atom is 0.244 e. The van der Waals surface area contributed by atoms with Crippen LogP contribution in [0.1, 0.15) is 31.2 Å². The molecule has 23 heavy (non-hydrogen) atoms. The van der Waals surface area contributed by atoms with Crippen molar-refractivity contribution < 1.29 is 13.9 Å². The van der Waals surface area contributed by atoms with Gasteiger partial charge in [0.2, 0.25) is 5.91 Å². The number of halogens is 1. The zero-order chi connectivity index (χ0) is 16.2. The van der Waals surface area contributed by atoms with Crippen LogP contribution in [0.5, 0.6) is 5.75 Å². The average molecular weight is 318 g/mol. The maximum atomic E-state index is 13.6. The van der Waals surface area contributed by atoms with Crippen LogP contribution >= 0.6 is 0 Å². The summed E-state index contributed by atoms with van der Waals surface area (Å²) in [6, 6.07) is 5.68. The van der Waals surface area contributed by atoms with Crippen molar-refractivity contribution in [3.05, 3.63) is 35.7 Å². The van der Waals surface area contributed by atoms with E-state index in [2.05, 4.69) is 10.2 Å². The van der Waals surface area contributed by atoms with Gasteiger partial charge in [-0.3, -0.25) is 4.79 Å². The Kier molecular flexibility index (Phi) is 4.96. The second-order valence-electron chi connectivity index (χ2n) is 6.28. The Hall–Kier alpha value is -1.88. The van der Waals surface area contributed by atoms with E-state index in [9.17, 15) is 9.18 Å². The zero-order valence-corrected chi connectivity index (χ0v) is 13.4. The molecule has 1 N–H and O–H groups in total. The van der Waals surface area contributed by atoms with Crippen molar-refractivity contribution in [2.75, 3.05) is 20.2 Å². The number of carbonyl (C=O) groups is 1. The number of benzene rings is 1. The minimum absolute atomic E-state index is 0.119. The third kappa shape index (κ3) is 4.32. The van der Waals surface area contributed by atoms with Gasteiger partial charge in [-0.2, -0.15) is 0 Å². The molecular weight excluding hydrogens is 295 g/mol. The molecule has 0 unspecified atom stereocenters. The Morgan fingerprint density at radius 3 is 2.65 bits per heavy atom. The van der Waals surface area contributed by atoms with Crippen molar-refractivity contribution in [2.45, 2.75) is 37.8 Å². The summed E-state index contributed by atoms with van der Waals surface area (Å²) in [6.07, 6.45) is 7.77. The summed E-state index contributed by atoms with van der Waals surface area (Å²) in [7, 11) is 1.43. The first kappa shape index (κ1) is 16.0. The molecular formula is C18H23FN2O2.